The largest absolute Gasteiger partial charge is 0.337 e. The lowest BCUT2D eigenvalue weighted by Crippen LogP contribution is -2.59. The minimum atomic E-state index is 0.188. The molecule has 2 atom stereocenters. The molecule has 19 heavy (non-hydrogen) atoms. The summed E-state index contributed by atoms with van der Waals surface area (Å²) in [6.45, 7) is 7.80. The van der Waals surface area contributed by atoms with Crippen LogP contribution in [0.5, 0.6) is 0 Å². The van der Waals surface area contributed by atoms with E-state index in [1.807, 2.05) is 11.0 Å². The van der Waals surface area contributed by atoms with Gasteiger partial charge in [0.25, 0.3) is 0 Å². The fourth-order valence-corrected chi connectivity index (χ4v) is 2.72. The molecule has 1 N–H and O–H groups in total. The number of hydrogen-bond donors (Lipinski definition) is 1. The van der Waals surface area contributed by atoms with Crippen LogP contribution < -0.4 is 5.32 Å². The van der Waals surface area contributed by atoms with Gasteiger partial charge in [0.2, 0.25) is 5.91 Å². The van der Waals surface area contributed by atoms with Gasteiger partial charge in [0.15, 0.2) is 0 Å². The number of carbonyl (C=O) groups is 1. The number of piperazine rings is 1. The molecule has 3 nitrogen and oxygen atoms in total. The summed E-state index contributed by atoms with van der Waals surface area (Å²) in [5, 5.41) is 3.58. The van der Waals surface area contributed by atoms with Crippen LogP contribution in [0.15, 0.2) is 30.3 Å². The van der Waals surface area contributed by atoms with Gasteiger partial charge in [0, 0.05) is 32.1 Å². The Morgan fingerprint density at radius 1 is 1.37 bits per heavy atom. The minimum absolute atomic E-state index is 0.188. The van der Waals surface area contributed by atoms with Gasteiger partial charge in [-0.1, -0.05) is 44.2 Å². The molecular weight excluding hydrogens is 236 g/mol. The van der Waals surface area contributed by atoms with Gasteiger partial charge in [-0.25, -0.2) is 0 Å². The smallest absolute Gasteiger partial charge is 0.219 e. The van der Waals surface area contributed by atoms with Crippen LogP contribution in [0.4, 0.5) is 0 Å². The molecule has 3 heteroatoms. The van der Waals surface area contributed by atoms with E-state index < -0.39 is 0 Å². The maximum atomic E-state index is 11.9. The fourth-order valence-electron chi connectivity index (χ4n) is 2.72. The third-order valence-electron chi connectivity index (χ3n) is 3.97. The Kier molecular flexibility index (Phi) is 4.59. The van der Waals surface area contributed by atoms with Crippen molar-refractivity contribution in [3.8, 4) is 0 Å². The summed E-state index contributed by atoms with van der Waals surface area (Å²) in [6.07, 6.45) is 0.929. The Balaban J connectivity index is 2.05. The molecule has 104 valence electrons. The predicted octanol–water partition coefficient (Wildman–Crippen LogP) is 2.07. The van der Waals surface area contributed by atoms with Crippen molar-refractivity contribution in [1.82, 2.24) is 10.2 Å². The number of benzene rings is 1. The summed E-state index contributed by atoms with van der Waals surface area (Å²) in [5.74, 6) is 0.743. The highest BCUT2D eigenvalue weighted by atomic mass is 16.2. The van der Waals surface area contributed by atoms with Gasteiger partial charge in [0.05, 0.1) is 0 Å². The highest BCUT2D eigenvalue weighted by molar-refractivity contribution is 5.73. The third-order valence-corrected chi connectivity index (χ3v) is 3.97. The van der Waals surface area contributed by atoms with Crippen molar-refractivity contribution < 1.29 is 4.79 Å². The van der Waals surface area contributed by atoms with Crippen LogP contribution in [0.3, 0.4) is 0 Å². The summed E-state index contributed by atoms with van der Waals surface area (Å²) in [4.78, 5) is 13.9. The molecule has 1 saturated heterocycles. The first-order valence-electron chi connectivity index (χ1n) is 7.12. The zero-order valence-corrected chi connectivity index (χ0v) is 12.1. The number of carbonyl (C=O) groups excluding carboxylic acids is 1. The fraction of sp³-hybridized carbons (Fsp3) is 0.562. The van der Waals surface area contributed by atoms with E-state index in [0.717, 1.165) is 19.5 Å². The Labute approximate surface area is 116 Å². The van der Waals surface area contributed by atoms with Crippen molar-refractivity contribution in [2.75, 3.05) is 13.1 Å². The van der Waals surface area contributed by atoms with Crippen LogP contribution in [0.1, 0.15) is 26.3 Å². The topological polar surface area (TPSA) is 32.3 Å². The average molecular weight is 260 g/mol. The van der Waals surface area contributed by atoms with E-state index in [-0.39, 0.29) is 11.9 Å². The van der Waals surface area contributed by atoms with E-state index in [2.05, 4.69) is 43.4 Å². The van der Waals surface area contributed by atoms with Crippen molar-refractivity contribution >= 4 is 5.91 Å². The van der Waals surface area contributed by atoms with Gasteiger partial charge >= 0.3 is 0 Å². The third kappa shape index (κ3) is 3.57. The Morgan fingerprint density at radius 3 is 2.63 bits per heavy atom. The lowest BCUT2D eigenvalue weighted by atomic mass is 9.96. The first-order valence-corrected chi connectivity index (χ1v) is 7.12. The minimum Gasteiger partial charge on any atom is -0.337 e. The molecule has 2 unspecified atom stereocenters. The van der Waals surface area contributed by atoms with Crippen LogP contribution in [0.2, 0.25) is 0 Å². The Hall–Kier alpha value is -1.35. The SMILES string of the molecule is CC(=O)N1CC(C(C)C)NCC1Cc1ccccc1. The predicted molar refractivity (Wildman–Crippen MR) is 77.9 cm³/mol. The molecular formula is C16H24N2O. The summed E-state index contributed by atoms with van der Waals surface area (Å²) in [7, 11) is 0. The molecule has 1 aromatic carbocycles. The number of amides is 1. The van der Waals surface area contributed by atoms with Gasteiger partial charge in [-0.3, -0.25) is 4.79 Å². The van der Waals surface area contributed by atoms with Gasteiger partial charge in [-0.05, 0) is 17.9 Å². The normalized spacial score (nSPS) is 23.7. The van der Waals surface area contributed by atoms with Gasteiger partial charge < -0.3 is 10.2 Å². The second-order valence-electron chi connectivity index (χ2n) is 5.77. The maximum absolute atomic E-state index is 11.9. The summed E-state index contributed by atoms with van der Waals surface area (Å²) < 4.78 is 0. The van der Waals surface area contributed by atoms with Gasteiger partial charge in [-0.2, -0.15) is 0 Å². The number of rotatable bonds is 3. The molecule has 1 amide bonds. The average Bonchev–Trinajstić information content (AvgIpc) is 2.39. The molecule has 2 rings (SSSR count). The second-order valence-corrected chi connectivity index (χ2v) is 5.77. The first-order chi connectivity index (χ1) is 9.08. The summed E-state index contributed by atoms with van der Waals surface area (Å²) in [5.41, 5.74) is 1.29. The summed E-state index contributed by atoms with van der Waals surface area (Å²) >= 11 is 0. The zero-order chi connectivity index (χ0) is 13.8. The molecule has 1 aliphatic rings. The molecule has 0 spiro atoms. The van der Waals surface area contributed by atoms with Crippen LogP contribution in [-0.2, 0) is 11.2 Å². The second kappa shape index (κ2) is 6.20. The number of hydrogen-bond acceptors (Lipinski definition) is 2. The monoisotopic (exact) mass is 260 g/mol. The Morgan fingerprint density at radius 2 is 2.05 bits per heavy atom. The standard InChI is InChI=1S/C16H24N2O/c1-12(2)16-11-18(13(3)19)15(10-17-16)9-14-7-5-4-6-8-14/h4-8,12,15-17H,9-11H2,1-3H3. The highest BCUT2D eigenvalue weighted by Crippen LogP contribution is 2.16. The first kappa shape index (κ1) is 14.1. The van der Waals surface area contributed by atoms with Crippen molar-refractivity contribution in [1.29, 1.82) is 0 Å². The quantitative estimate of drug-likeness (QED) is 0.902. The van der Waals surface area contributed by atoms with Crippen molar-refractivity contribution in [3.63, 3.8) is 0 Å². The molecule has 0 aromatic heterocycles. The summed E-state index contributed by atoms with van der Waals surface area (Å²) in [6, 6.07) is 11.1. The Bertz CT molecular complexity index is 416. The van der Waals surface area contributed by atoms with Gasteiger partial charge in [-0.15, -0.1) is 0 Å². The molecule has 0 bridgehead atoms. The van der Waals surface area contributed by atoms with E-state index in [1.165, 1.54) is 5.56 Å². The van der Waals surface area contributed by atoms with E-state index in [9.17, 15) is 4.79 Å². The van der Waals surface area contributed by atoms with Gasteiger partial charge in [0.1, 0.15) is 0 Å². The molecule has 1 heterocycles. The molecule has 1 fully saturated rings. The lowest BCUT2D eigenvalue weighted by Gasteiger charge is -2.41. The van der Waals surface area contributed by atoms with Crippen molar-refractivity contribution in [2.45, 2.75) is 39.3 Å². The number of nitrogens with one attached hydrogen (secondary N) is 1. The molecule has 0 saturated carbocycles. The molecule has 1 aromatic rings. The lowest BCUT2D eigenvalue weighted by molar-refractivity contribution is -0.133. The van der Waals surface area contributed by atoms with E-state index in [0.29, 0.717) is 12.0 Å². The van der Waals surface area contributed by atoms with E-state index >= 15 is 0 Å². The van der Waals surface area contributed by atoms with E-state index in [4.69, 9.17) is 0 Å². The highest BCUT2D eigenvalue weighted by Gasteiger charge is 2.30. The van der Waals surface area contributed by atoms with E-state index in [1.54, 1.807) is 6.92 Å². The maximum Gasteiger partial charge on any atom is 0.219 e. The van der Waals surface area contributed by atoms with Crippen LogP contribution in [-0.4, -0.2) is 36.0 Å². The molecule has 0 aliphatic carbocycles. The van der Waals surface area contributed by atoms with Crippen LogP contribution >= 0.6 is 0 Å². The van der Waals surface area contributed by atoms with Crippen LogP contribution in [0.25, 0.3) is 0 Å². The van der Waals surface area contributed by atoms with Crippen molar-refractivity contribution in [3.05, 3.63) is 35.9 Å². The molecule has 1 aliphatic heterocycles. The van der Waals surface area contributed by atoms with Crippen molar-refractivity contribution in [2.24, 2.45) is 5.92 Å². The van der Waals surface area contributed by atoms with Crippen LogP contribution in [0, 0.1) is 5.92 Å². The molecule has 0 radical (unpaired) electrons. The number of nitrogens with zero attached hydrogens (tertiary/aromatic N) is 1. The zero-order valence-electron chi connectivity index (χ0n) is 12.1.